The first-order valence-corrected chi connectivity index (χ1v) is 4.77. The van der Waals surface area contributed by atoms with Gasteiger partial charge in [-0.25, -0.2) is 4.79 Å². The molecule has 0 aliphatic rings. The second-order valence-corrected chi connectivity index (χ2v) is 3.68. The first-order valence-electron chi connectivity index (χ1n) is 4.77. The first kappa shape index (κ1) is 13.3. The van der Waals surface area contributed by atoms with Gasteiger partial charge in [0.15, 0.2) is 0 Å². The second kappa shape index (κ2) is 4.63. The van der Waals surface area contributed by atoms with E-state index >= 15 is 0 Å². The molecular weight excluding hydrogens is 240 g/mol. The van der Waals surface area contributed by atoms with Gasteiger partial charge in [0.2, 0.25) is 0 Å². The molecule has 0 saturated carbocycles. The van der Waals surface area contributed by atoms with Gasteiger partial charge in [-0.15, -0.1) is 0 Å². The number of non-ortho nitro benzene ring substituents is 1. The van der Waals surface area contributed by atoms with Crippen LogP contribution in [0, 0.1) is 21.4 Å². The Morgan fingerprint density at radius 2 is 1.89 bits per heavy atom. The number of Topliss-reactive ketones (excluding diaryl/α,β-unsaturated/α-hetero) is 1. The Morgan fingerprint density at radius 3 is 2.22 bits per heavy atom. The van der Waals surface area contributed by atoms with Crippen LogP contribution in [-0.4, -0.2) is 21.8 Å². The Morgan fingerprint density at radius 1 is 1.39 bits per heavy atom. The summed E-state index contributed by atoms with van der Waals surface area (Å²) in [7, 11) is 0. The average molecular weight is 248 g/mol. The van der Waals surface area contributed by atoms with Gasteiger partial charge in [-0.3, -0.25) is 14.9 Å². The Bertz CT molecular complexity index is 558. The molecule has 0 amide bonds. The predicted molar refractivity (Wildman–Crippen MR) is 58.7 cm³/mol. The minimum atomic E-state index is -1.86. The van der Waals surface area contributed by atoms with E-state index in [9.17, 15) is 19.7 Å². The van der Waals surface area contributed by atoms with E-state index in [1.807, 2.05) is 0 Å². The molecule has 18 heavy (non-hydrogen) atoms. The van der Waals surface area contributed by atoms with E-state index in [-0.39, 0.29) is 11.3 Å². The van der Waals surface area contributed by atoms with Crippen molar-refractivity contribution in [1.82, 2.24) is 0 Å². The molecule has 0 aliphatic carbocycles. The van der Waals surface area contributed by atoms with E-state index in [0.717, 1.165) is 19.1 Å². The third-order valence-corrected chi connectivity index (χ3v) is 2.53. The molecule has 0 aliphatic heterocycles. The Hall–Kier alpha value is -2.75. The van der Waals surface area contributed by atoms with Gasteiger partial charge in [-0.2, -0.15) is 5.26 Å². The van der Waals surface area contributed by atoms with Crippen LogP contribution in [0.25, 0.3) is 0 Å². The molecule has 1 atom stereocenters. The Labute approximate surface area is 101 Å². The van der Waals surface area contributed by atoms with Crippen LogP contribution >= 0.6 is 0 Å². The number of hydrogen-bond acceptors (Lipinski definition) is 5. The lowest BCUT2D eigenvalue weighted by Crippen LogP contribution is -2.36. The average Bonchev–Trinajstić information content (AvgIpc) is 2.36. The summed E-state index contributed by atoms with van der Waals surface area (Å²) < 4.78 is 0. The first-order chi connectivity index (χ1) is 8.32. The molecule has 0 saturated heterocycles. The van der Waals surface area contributed by atoms with Crippen molar-refractivity contribution in [2.75, 3.05) is 0 Å². The summed E-state index contributed by atoms with van der Waals surface area (Å²) in [6.07, 6.45) is 0. The monoisotopic (exact) mass is 248 g/mol. The number of nitrogens with zero attached hydrogens (tertiary/aromatic N) is 2. The van der Waals surface area contributed by atoms with Crippen molar-refractivity contribution < 1.29 is 19.6 Å². The maximum Gasteiger partial charge on any atom is 0.374 e. The van der Waals surface area contributed by atoms with Gasteiger partial charge < -0.3 is 5.11 Å². The molecule has 1 aromatic carbocycles. The van der Waals surface area contributed by atoms with Crippen molar-refractivity contribution >= 4 is 17.4 Å². The van der Waals surface area contributed by atoms with E-state index in [4.69, 9.17) is 10.4 Å². The van der Waals surface area contributed by atoms with Crippen molar-refractivity contribution in [1.29, 1.82) is 5.26 Å². The number of carboxylic acid groups (broad SMARTS) is 1. The zero-order chi connectivity index (χ0) is 13.9. The zero-order valence-corrected chi connectivity index (χ0v) is 9.28. The number of nitro groups is 1. The lowest BCUT2D eigenvalue weighted by Gasteiger charge is -2.17. The highest BCUT2D eigenvalue weighted by Gasteiger charge is 2.40. The van der Waals surface area contributed by atoms with Crippen LogP contribution in [0.15, 0.2) is 24.3 Å². The summed E-state index contributed by atoms with van der Waals surface area (Å²) in [4.78, 5) is 31.9. The molecule has 7 heteroatoms. The van der Waals surface area contributed by atoms with E-state index in [1.54, 1.807) is 6.07 Å². The Balaban J connectivity index is 3.26. The summed E-state index contributed by atoms with van der Waals surface area (Å²) in [6.45, 7) is 1.16. The van der Waals surface area contributed by atoms with Gasteiger partial charge in [-0.05, 0) is 12.5 Å². The Kier molecular flexibility index (Phi) is 3.42. The van der Waals surface area contributed by atoms with Gasteiger partial charge in [0.05, 0.1) is 11.0 Å². The van der Waals surface area contributed by atoms with Crippen molar-refractivity contribution in [2.24, 2.45) is 0 Å². The molecule has 0 bridgehead atoms. The summed E-state index contributed by atoms with van der Waals surface area (Å²) >= 11 is 0. The zero-order valence-electron chi connectivity index (χ0n) is 9.28. The smallest absolute Gasteiger partial charge is 0.374 e. The number of aliphatic carboxylic acids is 1. The van der Waals surface area contributed by atoms with Crippen molar-refractivity contribution in [3.05, 3.63) is 39.9 Å². The number of ketones is 1. The summed E-state index contributed by atoms with van der Waals surface area (Å²) in [5.41, 5.74) is -1.97. The van der Waals surface area contributed by atoms with Crippen molar-refractivity contribution in [3.63, 3.8) is 0 Å². The molecule has 0 heterocycles. The standard InChI is InChI=1S/C11H8N2O5/c1-11(6-12,9(14)10(15)16)7-2-4-8(5-3-7)13(17)18/h2-5H,1H3,(H,15,16). The van der Waals surface area contributed by atoms with Crippen LogP contribution < -0.4 is 0 Å². The number of carbonyl (C=O) groups is 2. The molecule has 0 radical (unpaired) electrons. The number of rotatable bonds is 4. The van der Waals surface area contributed by atoms with Crippen LogP contribution in [0.3, 0.4) is 0 Å². The molecule has 1 rings (SSSR count). The summed E-state index contributed by atoms with van der Waals surface area (Å²) in [5, 5.41) is 28.1. The molecule has 0 aromatic heterocycles. The highest BCUT2D eigenvalue weighted by atomic mass is 16.6. The van der Waals surface area contributed by atoms with Crippen molar-refractivity contribution in [3.8, 4) is 6.07 Å². The van der Waals surface area contributed by atoms with Crippen LogP contribution in [0.4, 0.5) is 5.69 Å². The summed E-state index contributed by atoms with van der Waals surface area (Å²) in [6, 6.07) is 6.24. The van der Waals surface area contributed by atoms with Crippen LogP contribution in [-0.2, 0) is 15.0 Å². The van der Waals surface area contributed by atoms with Crippen LogP contribution in [0.2, 0.25) is 0 Å². The number of nitro benzene ring substituents is 1. The van der Waals surface area contributed by atoms with E-state index in [1.165, 1.54) is 12.1 Å². The van der Waals surface area contributed by atoms with E-state index < -0.39 is 22.1 Å². The van der Waals surface area contributed by atoms with Crippen molar-refractivity contribution in [2.45, 2.75) is 12.3 Å². The van der Waals surface area contributed by atoms with Gasteiger partial charge >= 0.3 is 5.97 Å². The maximum atomic E-state index is 11.5. The van der Waals surface area contributed by atoms with E-state index in [0.29, 0.717) is 0 Å². The largest absolute Gasteiger partial charge is 0.475 e. The summed E-state index contributed by atoms with van der Waals surface area (Å²) in [5.74, 6) is -3.00. The molecule has 1 N–H and O–H groups in total. The topological polar surface area (TPSA) is 121 Å². The molecule has 0 spiro atoms. The fourth-order valence-electron chi connectivity index (χ4n) is 1.38. The number of nitriles is 1. The van der Waals surface area contributed by atoms with Gasteiger partial charge in [0, 0.05) is 12.1 Å². The second-order valence-electron chi connectivity index (χ2n) is 3.68. The third-order valence-electron chi connectivity index (χ3n) is 2.53. The minimum absolute atomic E-state index is 0.100. The van der Waals surface area contributed by atoms with Gasteiger partial charge in [0.25, 0.3) is 11.5 Å². The predicted octanol–water partition coefficient (Wildman–Crippen LogP) is 1.03. The highest BCUT2D eigenvalue weighted by Crippen LogP contribution is 2.26. The fourth-order valence-corrected chi connectivity index (χ4v) is 1.38. The lowest BCUT2D eigenvalue weighted by molar-refractivity contribution is -0.384. The SMILES string of the molecule is CC(C#N)(C(=O)C(=O)O)c1ccc([N+](=O)[O-])cc1. The quantitative estimate of drug-likeness (QED) is 0.482. The van der Waals surface area contributed by atoms with Gasteiger partial charge in [-0.1, -0.05) is 12.1 Å². The number of benzene rings is 1. The highest BCUT2D eigenvalue weighted by molar-refractivity contribution is 6.37. The van der Waals surface area contributed by atoms with Crippen LogP contribution in [0.1, 0.15) is 12.5 Å². The van der Waals surface area contributed by atoms with Crippen LogP contribution in [0.5, 0.6) is 0 Å². The molecule has 1 aromatic rings. The number of hydrogen-bond donors (Lipinski definition) is 1. The molecule has 92 valence electrons. The molecular formula is C11H8N2O5. The molecule has 7 nitrogen and oxygen atoms in total. The lowest BCUT2D eigenvalue weighted by atomic mass is 9.80. The normalized spacial score (nSPS) is 13.1. The maximum absolute atomic E-state index is 11.5. The third kappa shape index (κ3) is 2.17. The number of carbonyl (C=O) groups excluding carboxylic acids is 1. The molecule has 0 fully saturated rings. The minimum Gasteiger partial charge on any atom is -0.475 e. The molecule has 1 unspecified atom stereocenters. The van der Waals surface area contributed by atoms with E-state index in [2.05, 4.69) is 0 Å². The van der Waals surface area contributed by atoms with Gasteiger partial charge in [0.1, 0.15) is 5.41 Å². The number of carboxylic acids is 1. The fraction of sp³-hybridized carbons (Fsp3) is 0.182.